The molecule has 0 radical (unpaired) electrons. The molecule has 4 aliphatic rings. The fourth-order valence-electron chi connectivity index (χ4n) is 5.71. The van der Waals surface area contributed by atoms with E-state index in [1.807, 2.05) is 6.92 Å². The Kier molecular flexibility index (Phi) is 10.4. The minimum atomic E-state index is -1.44. The first-order valence-corrected chi connectivity index (χ1v) is 14.8. The average Bonchev–Trinajstić information content (AvgIpc) is 2.97. The molecule has 240 valence electrons. The van der Waals surface area contributed by atoms with Crippen LogP contribution in [0.2, 0.25) is 0 Å². The van der Waals surface area contributed by atoms with Gasteiger partial charge in [0.2, 0.25) is 23.1 Å². The maximum Gasteiger partial charge on any atom is 0.220 e. The third kappa shape index (κ3) is 5.59. The molecule has 0 aromatic carbocycles. The van der Waals surface area contributed by atoms with Crippen molar-refractivity contribution in [2.24, 2.45) is 0 Å². The lowest BCUT2D eigenvalue weighted by molar-refractivity contribution is -0.495. The first kappa shape index (κ1) is 33.7. The van der Waals surface area contributed by atoms with Gasteiger partial charge in [-0.3, -0.25) is 0 Å². The van der Waals surface area contributed by atoms with Gasteiger partial charge in [0.25, 0.3) is 0 Å². The van der Waals surface area contributed by atoms with Crippen molar-refractivity contribution in [2.75, 3.05) is 47.4 Å². The molecule has 14 nitrogen and oxygen atoms in total. The second kappa shape index (κ2) is 12.7. The summed E-state index contributed by atoms with van der Waals surface area (Å²) in [5.41, 5.74) is -0.529. The number of methoxy groups -OCH3 is 4. The van der Waals surface area contributed by atoms with Crippen LogP contribution in [0.15, 0.2) is 0 Å². The van der Waals surface area contributed by atoms with Crippen LogP contribution in [0.3, 0.4) is 0 Å². The van der Waals surface area contributed by atoms with Crippen LogP contribution in [0.4, 0.5) is 0 Å². The second-order valence-electron chi connectivity index (χ2n) is 10.9. The predicted molar refractivity (Wildman–Crippen MR) is 142 cm³/mol. The highest BCUT2D eigenvalue weighted by molar-refractivity contribution is 7.99. The summed E-state index contributed by atoms with van der Waals surface area (Å²) >= 11 is 1.49. The highest BCUT2D eigenvalue weighted by Gasteiger charge is 2.66. The number of thioether (sulfide) groups is 1. The van der Waals surface area contributed by atoms with E-state index in [1.54, 1.807) is 27.7 Å². The van der Waals surface area contributed by atoms with Gasteiger partial charge in [0.05, 0.1) is 13.2 Å². The summed E-state index contributed by atoms with van der Waals surface area (Å²) in [5, 5.41) is 31.5. The first-order valence-electron chi connectivity index (χ1n) is 13.7. The van der Waals surface area contributed by atoms with Crippen molar-refractivity contribution >= 4 is 11.8 Å². The minimum absolute atomic E-state index is 0.412. The molecule has 4 fully saturated rings. The fourth-order valence-corrected chi connectivity index (χ4v) is 6.66. The highest BCUT2D eigenvalue weighted by Crippen LogP contribution is 2.48. The van der Waals surface area contributed by atoms with Gasteiger partial charge < -0.3 is 67.4 Å². The summed E-state index contributed by atoms with van der Waals surface area (Å²) in [6.07, 6.45) is -9.09. The molecule has 4 rings (SSSR count). The number of aliphatic hydroxyl groups is 3. The van der Waals surface area contributed by atoms with Crippen LogP contribution in [0, 0.1) is 0 Å². The lowest BCUT2D eigenvalue weighted by Gasteiger charge is -2.59. The van der Waals surface area contributed by atoms with E-state index in [2.05, 4.69) is 0 Å². The van der Waals surface area contributed by atoms with Crippen molar-refractivity contribution in [3.8, 4) is 0 Å². The Bertz CT molecular complexity index is 887. The van der Waals surface area contributed by atoms with Gasteiger partial charge in [-0.2, -0.15) is 0 Å². The lowest BCUT2D eigenvalue weighted by Crippen LogP contribution is -2.75. The monoisotopic (exact) mass is 614 g/mol. The van der Waals surface area contributed by atoms with E-state index in [4.69, 9.17) is 52.1 Å². The van der Waals surface area contributed by atoms with E-state index in [0.29, 0.717) is 5.75 Å². The van der Waals surface area contributed by atoms with Crippen LogP contribution in [-0.4, -0.2) is 146 Å². The van der Waals surface area contributed by atoms with Crippen molar-refractivity contribution in [2.45, 2.75) is 118 Å². The van der Waals surface area contributed by atoms with E-state index in [1.165, 1.54) is 40.2 Å². The Morgan fingerprint density at radius 2 is 1.12 bits per heavy atom. The second-order valence-corrected chi connectivity index (χ2v) is 12.3. The Labute approximate surface area is 245 Å². The number of aliphatic hydroxyl groups excluding tert-OH is 3. The van der Waals surface area contributed by atoms with Gasteiger partial charge >= 0.3 is 0 Å². The summed E-state index contributed by atoms with van der Waals surface area (Å²) in [6.45, 7) is 7.69. The van der Waals surface area contributed by atoms with Crippen LogP contribution in [-0.2, 0) is 52.1 Å². The normalized spacial score (nSPS) is 52.1. The van der Waals surface area contributed by atoms with Gasteiger partial charge in [0.1, 0.15) is 54.3 Å². The van der Waals surface area contributed by atoms with Crippen molar-refractivity contribution < 1.29 is 67.4 Å². The number of hydrogen-bond acceptors (Lipinski definition) is 15. The molecule has 4 saturated heterocycles. The van der Waals surface area contributed by atoms with E-state index < -0.39 is 96.9 Å². The lowest BCUT2D eigenvalue weighted by atomic mass is 9.93. The quantitative estimate of drug-likeness (QED) is 0.300. The van der Waals surface area contributed by atoms with Crippen molar-refractivity contribution in [3.05, 3.63) is 0 Å². The van der Waals surface area contributed by atoms with Crippen molar-refractivity contribution in [1.82, 2.24) is 0 Å². The van der Waals surface area contributed by atoms with Crippen molar-refractivity contribution in [1.29, 1.82) is 0 Å². The van der Waals surface area contributed by atoms with Crippen LogP contribution in [0.25, 0.3) is 0 Å². The molecular formula is C26H46O14S. The third-order valence-electron chi connectivity index (χ3n) is 8.84. The number of fused-ring (bicyclic) bond motifs is 2. The standard InChI is InChI=1S/C26H46O14S/c1-10-41-22-20-18(38-24(3,31-7)26(5,33-9)40-20)16(14(12-28)35-22)36-21-19-17(15(29)13(11-27)34-21)37-23(2,30-6)25(4,32-8)39-19/h13-22,27-29H,10-12H2,1-9H3/t13-,14-,15+,16-,17+,18+,19-,20-,21+,22+,23-,24?,25-,26-/m1/s1. The molecule has 0 amide bonds. The molecule has 14 atom stereocenters. The molecule has 0 aromatic rings. The number of ether oxygens (including phenoxy) is 11. The third-order valence-corrected chi connectivity index (χ3v) is 9.88. The number of rotatable bonds is 10. The van der Waals surface area contributed by atoms with E-state index in [-0.39, 0.29) is 0 Å². The maximum atomic E-state index is 11.0. The van der Waals surface area contributed by atoms with Gasteiger partial charge in [0, 0.05) is 28.4 Å². The van der Waals surface area contributed by atoms with E-state index >= 15 is 0 Å². The molecule has 41 heavy (non-hydrogen) atoms. The number of hydrogen-bond donors (Lipinski definition) is 3. The summed E-state index contributed by atoms with van der Waals surface area (Å²) in [7, 11) is 5.84. The summed E-state index contributed by atoms with van der Waals surface area (Å²) < 4.78 is 67.1. The Balaban J connectivity index is 1.71. The Morgan fingerprint density at radius 3 is 1.59 bits per heavy atom. The fraction of sp³-hybridized carbons (Fsp3) is 1.00. The maximum absolute atomic E-state index is 11.0. The summed E-state index contributed by atoms with van der Waals surface area (Å²) in [5.74, 6) is -4.84. The Hall–Kier alpha value is -0.210. The molecule has 1 unspecified atom stereocenters. The van der Waals surface area contributed by atoms with Crippen LogP contribution >= 0.6 is 11.8 Å². The van der Waals surface area contributed by atoms with Gasteiger partial charge in [-0.05, 0) is 33.4 Å². The highest BCUT2D eigenvalue weighted by atomic mass is 32.2. The SMILES string of the molecule is CCS[C@@H]1O[C@H](CO)[C@@H](O[C@@H]2O[C@H](CO)[C@H](O)[C@@H]3O[C@@](C)(OC)[C@](C)(OC)O[C@@H]23)[C@@H]2OC(C)(OC)[C@](C)(OC)O[C@H]21. The molecule has 4 aliphatic heterocycles. The molecule has 0 aromatic heterocycles. The smallest absolute Gasteiger partial charge is 0.220 e. The molecule has 0 bridgehead atoms. The first-order chi connectivity index (χ1) is 19.3. The van der Waals surface area contributed by atoms with E-state index in [9.17, 15) is 15.3 Å². The van der Waals surface area contributed by atoms with Gasteiger partial charge in [0.15, 0.2) is 6.29 Å². The largest absolute Gasteiger partial charge is 0.394 e. The predicted octanol–water partition coefficient (Wildman–Crippen LogP) is -0.0616. The molecular weight excluding hydrogens is 568 g/mol. The van der Waals surface area contributed by atoms with Gasteiger partial charge in [-0.25, -0.2) is 0 Å². The Morgan fingerprint density at radius 1 is 0.659 bits per heavy atom. The summed E-state index contributed by atoms with van der Waals surface area (Å²) in [4.78, 5) is 0. The zero-order valence-corrected chi connectivity index (χ0v) is 26.0. The van der Waals surface area contributed by atoms with Crippen LogP contribution in [0.5, 0.6) is 0 Å². The molecule has 4 heterocycles. The van der Waals surface area contributed by atoms with Crippen LogP contribution in [0.1, 0.15) is 34.6 Å². The molecule has 3 N–H and O–H groups in total. The van der Waals surface area contributed by atoms with Gasteiger partial charge in [-0.15, -0.1) is 11.8 Å². The van der Waals surface area contributed by atoms with Gasteiger partial charge in [-0.1, -0.05) is 6.92 Å². The van der Waals surface area contributed by atoms with Crippen molar-refractivity contribution in [3.63, 3.8) is 0 Å². The molecule has 15 heteroatoms. The van der Waals surface area contributed by atoms with Crippen LogP contribution < -0.4 is 0 Å². The zero-order chi connectivity index (χ0) is 30.4. The minimum Gasteiger partial charge on any atom is -0.394 e. The summed E-state index contributed by atoms with van der Waals surface area (Å²) in [6, 6.07) is 0. The van der Waals surface area contributed by atoms with E-state index in [0.717, 1.165) is 0 Å². The molecule has 0 aliphatic carbocycles. The topological polar surface area (TPSA) is 162 Å². The average molecular weight is 615 g/mol. The zero-order valence-electron chi connectivity index (χ0n) is 25.1. The molecule has 0 spiro atoms. The molecule has 0 saturated carbocycles.